The normalized spacial score (nSPS) is 13.9. The first-order valence-corrected chi connectivity index (χ1v) is 10.1. The fourth-order valence-corrected chi connectivity index (χ4v) is 3.19. The van der Waals surface area contributed by atoms with E-state index in [0.717, 1.165) is 26.2 Å². The van der Waals surface area contributed by atoms with Gasteiger partial charge in [0.25, 0.3) is 0 Å². The number of aliphatic carboxylic acids is 4. The molecule has 0 spiro atoms. The fraction of sp³-hybridized carbons (Fsp3) is 0.273. The van der Waals surface area contributed by atoms with E-state index >= 15 is 0 Å². The van der Waals surface area contributed by atoms with Crippen molar-refractivity contribution in [3.63, 3.8) is 0 Å². The smallest absolute Gasteiger partial charge is 0.414 e. The van der Waals surface area contributed by atoms with Crippen LogP contribution >= 0.6 is 11.6 Å². The molecule has 1 atom stereocenters. The van der Waals surface area contributed by atoms with Crippen molar-refractivity contribution in [2.24, 2.45) is 0 Å². The summed E-state index contributed by atoms with van der Waals surface area (Å²) in [5.41, 5.74) is 3.80. The number of alkyl halides is 1. The number of carboxylic acid groups (broad SMARTS) is 4. The summed E-state index contributed by atoms with van der Waals surface area (Å²) >= 11 is 6.61. The Morgan fingerprint density at radius 2 is 1.24 bits per heavy atom. The van der Waals surface area contributed by atoms with Crippen LogP contribution in [0.4, 0.5) is 5.69 Å². The van der Waals surface area contributed by atoms with Gasteiger partial charge in [0, 0.05) is 31.9 Å². The molecule has 0 bridgehead atoms. The topological polar surface area (TPSA) is 156 Å². The molecule has 0 aromatic heterocycles. The van der Waals surface area contributed by atoms with Crippen LogP contribution in [0.5, 0.6) is 0 Å². The molecule has 11 heteroatoms. The Bertz CT molecular complexity index is 898. The summed E-state index contributed by atoms with van der Waals surface area (Å²) in [7, 11) is 0. The molecule has 2 aromatic rings. The average molecular weight is 481 g/mol. The first-order chi connectivity index (χ1) is 15.5. The minimum Gasteiger partial charge on any atom is -0.473 e. The Morgan fingerprint density at radius 3 is 1.67 bits per heavy atom. The van der Waals surface area contributed by atoms with Crippen LogP contribution < -0.4 is 4.90 Å². The number of hydrogen-bond donors (Lipinski definition) is 4. The first-order valence-electron chi connectivity index (χ1n) is 9.70. The number of benzene rings is 2. The molecule has 3 rings (SSSR count). The molecule has 1 saturated heterocycles. The van der Waals surface area contributed by atoms with Crippen LogP contribution in [0.2, 0.25) is 0 Å². The van der Waals surface area contributed by atoms with Gasteiger partial charge in [-0.3, -0.25) is 4.90 Å². The lowest BCUT2D eigenvalue weighted by molar-refractivity contribution is -0.159. The molecule has 4 N–H and O–H groups in total. The predicted molar refractivity (Wildman–Crippen MR) is 121 cm³/mol. The van der Waals surface area contributed by atoms with Gasteiger partial charge >= 0.3 is 23.9 Å². The van der Waals surface area contributed by atoms with Gasteiger partial charge in [-0.25, -0.2) is 19.2 Å². The second-order valence-electron chi connectivity index (χ2n) is 6.83. The van der Waals surface area contributed by atoms with Crippen molar-refractivity contribution in [3.05, 3.63) is 65.7 Å². The zero-order valence-electron chi connectivity index (χ0n) is 17.8. The van der Waals surface area contributed by atoms with Crippen LogP contribution in [0.25, 0.3) is 0 Å². The largest absolute Gasteiger partial charge is 0.473 e. The molecule has 1 aliphatic heterocycles. The number of hydrogen-bond acceptors (Lipinski definition) is 6. The van der Waals surface area contributed by atoms with Crippen LogP contribution in [0, 0.1) is 6.92 Å². The van der Waals surface area contributed by atoms with E-state index in [4.69, 9.17) is 51.2 Å². The quantitative estimate of drug-likeness (QED) is 0.292. The average Bonchev–Trinajstić information content (AvgIpc) is 2.80. The fourth-order valence-electron chi connectivity index (χ4n) is 2.85. The second-order valence-corrected chi connectivity index (χ2v) is 7.24. The van der Waals surface area contributed by atoms with Crippen LogP contribution in [0.15, 0.2) is 54.6 Å². The number of rotatable bonds is 3. The summed E-state index contributed by atoms with van der Waals surface area (Å²) in [5, 5.41) is 29.6. The van der Waals surface area contributed by atoms with Gasteiger partial charge in [0.15, 0.2) is 0 Å². The van der Waals surface area contributed by atoms with E-state index in [2.05, 4.69) is 53.1 Å². The van der Waals surface area contributed by atoms with Crippen molar-refractivity contribution in [2.75, 3.05) is 31.1 Å². The van der Waals surface area contributed by atoms with E-state index < -0.39 is 23.9 Å². The highest BCUT2D eigenvalue weighted by atomic mass is 35.5. The minimum atomic E-state index is -1.82. The molecule has 1 heterocycles. The number of piperazine rings is 1. The zero-order valence-corrected chi connectivity index (χ0v) is 18.6. The second kappa shape index (κ2) is 13.7. The number of anilines is 1. The third-order valence-corrected chi connectivity index (χ3v) is 4.97. The Labute approximate surface area is 195 Å². The van der Waals surface area contributed by atoms with Crippen molar-refractivity contribution in [1.29, 1.82) is 0 Å². The molecular formula is C22H25ClN2O8. The molecule has 2 aromatic carbocycles. The molecular weight excluding hydrogens is 456 g/mol. The maximum absolute atomic E-state index is 9.10. The number of aryl methyl sites for hydroxylation is 1. The SMILES string of the molecule is Cc1cccc(N2CCN(C(Cl)c3ccccc3)CC2)c1.O=C(O)C(=O)O.O=C(O)C(=O)O. The summed E-state index contributed by atoms with van der Waals surface area (Å²) in [5.74, 6) is -7.30. The summed E-state index contributed by atoms with van der Waals surface area (Å²) in [6, 6.07) is 19.1. The number of carboxylic acids is 4. The highest BCUT2D eigenvalue weighted by Crippen LogP contribution is 2.27. The van der Waals surface area contributed by atoms with E-state index in [1.54, 1.807) is 0 Å². The zero-order chi connectivity index (χ0) is 25.0. The lowest BCUT2D eigenvalue weighted by Crippen LogP contribution is -2.46. The minimum absolute atomic E-state index is 0.0224. The van der Waals surface area contributed by atoms with Gasteiger partial charge in [-0.2, -0.15) is 0 Å². The molecule has 0 amide bonds. The Hall–Kier alpha value is -3.63. The molecule has 178 valence electrons. The molecule has 33 heavy (non-hydrogen) atoms. The number of halogens is 1. The maximum atomic E-state index is 9.10. The molecule has 1 fully saturated rings. The van der Waals surface area contributed by atoms with Gasteiger partial charge in [-0.05, 0) is 30.2 Å². The van der Waals surface area contributed by atoms with Crippen LogP contribution in [0.1, 0.15) is 16.6 Å². The van der Waals surface area contributed by atoms with Crippen molar-refractivity contribution in [1.82, 2.24) is 4.90 Å². The molecule has 0 aliphatic carbocycles. The van der Waals surface area contributed by atoms with Gasteiger partial charge in [0.1, 0.15) is 5.50 Å². The van der Waals surface area contributed by atoms with E-state index in [1.165, 1.54) is 16.8 Å². The number of nitrogens with zero attached hydrogens (tertiary/aromatic N) is 2. The standard InChI is InChI=1S/C18H21ClN2.2C2H2O4/c1-15-6-5-9-17(14-15)20-10-12-21(13-11-20)18(19)16-7-3-2-4-8-16;2*3-1(4)2(5)6/h2-9,14,18H,10-13H2,1H3;2*(H,3,4)(H,5,6). The van der Waals surface area contributed by atoms with Gasteiger partial charge in [-0.1, -0.05) is 42.5 Å². The van der Waals surface area contributed by atoms with Crippen LogP contribution in [0.3, 0.4) is 0 Å². The maximum Gasteiger partial charge on any atom is 0.414 e. The summed E-state index contributed by atoms with van der Waals surface area (Å²) in [6.07, 6.45) is 0. The Morgan fingerprint density at radius 1 is 0.758 bits per heavy atom. The van der Waals surface area contributed by atoms with Gasteiger partial charge in [0.2, 0.25) is 0 Å². The lowest BCUT2D eigenvalue weighted by atomic mass is 10.1. The molecule has 10 nitrogen and oxygen atoms in total. The van der Waals surface area contributed by atoms with E-state index in [-0.39, 0.29) is 5.50 Å². The van der Waals surface area contributed by atoms with Crippen molar-refractivity contribution >= 4 is 41.2 Å². The van der Waals surface area contributed by atoms with E-state index in [1.807, 2.05) is 18.2 Å². The monoisotopic (exact) mass is 480 g/mol. The lowest BCUT2D eigenvalue weighted by Gasteiger charge is -2.38. The number of carbonyl (C=O) groups is 4. The first kappa shape index (κ1) is 27.4. The van der Waals surface area contributed by atoms with Crippen molar-refractivity contribution in [3.8, 4) is 0 Å². The van der Waals surface area contributed by atoms with Gasteiger partial charge < -0.3 is 25.3 Å². The van der Waals surface area contributed by atoms with Crippen LogP contribution in [-0.4, -0.2) is 75.4 Å². The Kier molecular flexibility index (Phi) is 11.4. The molecule has 1 aliphatic rings. The summed E-state index contributed by atoms with van der Waals surface area (Å²) < 4.78 is 0. The van der Waals surface area contributed by atoms with E-state index in [9.17, 15) is 0 Å². The third-order valence-electron chi connectivity index (χ3n) is 4.44. The van der Waals surface area contributed by atoms with E-state index in [0.29, 0.717) is 0 Å². The van der Waals surface area contributed by atoms with Crippen molar-refractivity contribution < 1.29 is 39.6 Å². The molecule has 1 unspecified atom stereocenters. The summed E-state index contributed by atoms with van der Waals surface area (Å²) in [6.45, 7) is 6.19. The Balaban J connectivity index is 0.000000377. The highest BCUT2D eigenvalue weighted by molar-refractivity contribution is 6.27. The molecule has 0 radical (unpaired) electrons. The predicted octanol–water partition coefficient (Wildman–Crippen LogP) is 2.37. The summed E-state index contributed by atoms with van der Waals surface area (Å²) in [4.78, 5) is 41.2. The van der Waals surface area contributed by atoms with Crippen LogP contribution in [-0.2, 0) is 19.2 Å². The van der Waals surface area contributed by atoms with Crippen molar-refractivity contribution in [2.45, 2.75) is 12.4 Å². The van der Waals surface area contributed by atoms with Gasteiger partial charge in [0.05, 0.1) is 0 Å². The molecule has 0 saturated carbocycles. The van der Waals surface area contributed by atoms with Gasteiger partial charge in [-0.15, -0.1) is 11.6 Å². The highest BCUT2D eigenvalue weighted by Gasteiger charge is 2.23. The third kappa shape index (κ3) is 10.0.